The highest BCUT2D eigenvalue weighted by Crippen LogP contribution is 1.58. The normalized spacial score (nSPS) is 11.9. The van der Waals surface area contributed by atoms with Crippen LogP contribution >= 0.6 is 0 Å². The molecule has 15 heavy (non-hydrogen) atoms. The number of hydrogen-bond donors (Lipinski definition) is 2. The Morgan fingerprint density at radius 1 is 1.20 bits per heavy atom. The van der Waals surface area contributed by atoms with E-state index in [0.717, 1.165) is 0 Å². The summed E-state index contributed by atoms with van der Waals surface area (Å²) in [7, 11) is 0. The molecule has 0 fully saturated rings. The lowest BCUT2D eigenvalue weighted by Gasteiger charge is -1.87. The van der Waals surface area contributed by atoms with Crippen LogP contribution in [0.4, 0.5) is 0 Å². The van der Waals surface area contributed by atoms with Crippen LogP contribution in [0.15, 0.2) is 22.2 Å². The molecule has 2 N–H and O–H groups in total. The van der Waals surface area contributed by atoms with Crippen molar-refractivity contribution in [3.63, 3.8) is 0 Å². The summed E-state index contributed by atoms with van der Waals surface area (Å²) >= 11 is 0. The molecule has 1 aromatic heterocycles. The molecule has 0 saturated heterocycles. The van der Waals surface area contributed by atoms with E-state index in [1.54, 1.807) is 19.1 Å². The standard InChI is InChI=1S/C9H10N2O2.C2H6/c1-3-5-7-6(4-2)8(12)11-9(13)10-7;1-2/h3-5H,1H2,2H3,(H2,10,11,12,13);1-2H3/b6-4+,7-5+;. The molecule has 0 aromatic carbocycles. The number of aromatic amines is 2. The van der Waals surface area contributed by atoms with Crippen molar-refractivity contribution >= 4 is 12.2 Å². The topological polar surface area (TPSA) is 65.7 Å². The summed E-state index contributed by atoms with van der Waals surface area (Å²) in [6.45, 7) is 9.21. The lowest BCUT2D eigenvalue weighted by atomic mass is 10.3. The van der Waals surface area contributed by atoms with Crippen molar-refractivity contribution in [2.24, 2.45) is 0 Å². The summed E-state index contributed by atoms with van der Waals surface area (Å²) in [5.41, 5.74) is -0.900. The minimum Gasteiger partial charge on any atom is -0.307 e. The maximum atomic E-state index is 11.2. The minimum absolute atomic E-state index is 0.389. The predicted molar refractivity (Wildman–Crippen MR) is 63.1 cm³/mol. The molecule has 0 amide bonds. The molecule has 0 atom stereocenters. The monoisotopic (exact) mass is 208 g/mol. The highest BCUT2D eigenvalue weighted by Gasteiger charge is 1.91. The van der Waals surface area contributed by atoms with E-state index in [1.165, 1.54) is 6.08 Å². The van der Waals surface area contributed by atoms with E-state index in [0.29, 0.717) is 10.6 Å². The first-order valence-electron chi connectivity index (χ1n) is 4.80. The van der Waals surface area contributed by atoms with Gasteiger partial charge in [-0.1, -0.05) is 32.6 Å². The Kier molecular flexibility index (Phi) is 5.78. The molecule has 0 aliphatic rings. The molecular weight excluding hydrogens is 192 g/mol. The molecule has 0 aliphatic carbocycles. The van der Waals surface area contributed by atoms with Gasteiger partial charge in [0, 0.05) is 0 Å². The first-order chi connectivity index (χ1) is 7.19. The van der Waals surface area contributed by atoms with E-state index in [2.05, 4.69) is 16.5 Å². The number of hydrogen-bond acceptors (Lipinski definition) is 2. The van der Waals surface area contributed by atoms with Crippen molar-refractivity contribution in [3.05, 3.63) is 44.1 Å². The van der Waals surface area contributed by atoms with Gasteiger partial charge in [0.15, 0.2) is 0 Å². The molecule has 4 heteroatoms. The van der Waals surface area contributed by atoms with Gasteiger partial charge in [-0.05, 0) is 13.0 Å². The Bertz CT molecular complexity index is 535. The van der Waals surface area contributed by atoms with Gasteiger partial charge in [-0.3, -0.25) is 9.78 Å². The van der Waals surface area contributed by atoms with Crippen molar-refractivity contribution in [2.75, 3.05) is 0 Å². The molecule has 0 saturated carbocycles. The Balaban J connectivity index is 0.000000921. The van der Waals surface area contributed by atoms with Crippen LogP contribution in [0.3, 0.4) is 0 Å². The second kappa shape index (κ2) is 6.59. The van der Waals surface area contributed by atoms with E-state index in [1.807, 2.05) is 13.8 Å². The fourth-order valence-corrected chi connectivity index (χ4v) is 1.05. The molecule has 0 bridgehead atoms. The molecule has 1 rings (SSSR count). The van der Waals surface area contributed by atoms with E-state index >= 15 is 0 Å². The van der Waals surface area contributed by atoms with Crippen LogP contribution in [0.1, 0.15) is 20.8 Å². The van der Waals surface area contributed by atoms with Crippen LogP contribution in [0.25, 0.3) is 12.2 Å². The van der Waals surface area contributed by atoms with E-state index < -0.39 is 5.69 Å². The first-order valence-corrected chi connectivity index (χ1v) is 4.80. The zero-order valence-electron chi connectivity index (χ0n) is 9.26. The average molecular weight is 208 g/mol. The van der Waals surface area contributed by atoms with Crippen molar-refractivity contribution in [2.45, 2.75) is 20.8 Å². The molecule has 1 heterocycles. The van der Waals surface area contributed by atoms with E-state index in [4.69, 9.17) is 0 Å². The molecule has 0 spiro atoms. The second-order valence-electron chi connectivity index (χ2n) is 2.43. The number of rotatable bonds is 1. The summed E-state index contributed by atoms with van der Waals surface area (Å²) < 4.78 is 0. The quantitative estimate of drug-likeness (QED) is 0.674. The van der Waals surface area contributed by atoms with Gasteiger partial charge in [0.05, 0.1) is 10.6 Å². The van der Waals surface area contributed by atoms with Crippen LogP contribution in [-0.4, -0.2) is 9.97 Å². The molecular formula is C11H16N2O2. The van der Waals surface area contributed by atoms with Gasteiger partial charge < -0.3 is 4.98 Å². The zero-order chi connectivity index (χ0) is 11.8. The first kappa shape index (κ1) is 13.2. The number of aromatic nitrogens is 2. The highest BCUT2D eigenvalue weighted by molar-refractivity contribution is 5.34. The van der Waals surface area contributed by atoms with Crippen molar-refractivity contribution in [1.29, 1.82) is 0 Å². The number of H-pyrrole nitrogens is 2. The molecule has 1 aromatic rings. The van der Waals surface area contributed by atoms with Crippen molar-refractivity contribution in [3.8, 4) is 0 Å². The maximum Gasteiger partial charge on any atom is 0.326 e. The zero-order valence-corrected chi connectivity index (χ0v) is 9.26. The number of allylic oxidation sites excluding steroid dienone is 1. The van der Waals surface area contributed by atoms with E-state index in [-0.39, 0.29) is 5.56 Å². The molecule has 4 nitrogen and oxygen atoms in total. The van der Waals surface area contributed by atoms with Gasteiger partial charge >= 0.3 is 5.69 Å². The maximum absolute atomic E-state index is 11.2. The Hall–Kier alpha value is -1.84. The Morgan fingerprint density at radius 2 is 1.80 bits per heavy atom. The van der Waals surface area contributed by atoms with Gasteiger partial charge in [-0.15, -0.1) is 0 Å². The van der Waals surface area contributed by atoms with Gasteiger partial charge in [-0.25, -0.2) is 4.79 Å². The molecule has 0 aliphatic heterocycles. The summed E-state index contributed by atoms with van der Waals surface area (Å²) in [6, 6.07) is 0. The smallest absolute Gasteiger partial charge is 0.307 e. The van der Waals surface area contributed by atoms with Crippen LogP contribution in [0, 0.1) is 0 Å². The fourth-order valence-electron chi connectivity index (χ4n) is 1.05. The summed E-state index contributed by atoms with van der Waals surface area (Å²) in [4.78, 5) is 26.7. The molecule has 82 valence electrons. The second-order valence-corrected chi connectivity index (χ2v) is 2.43. The van der Waals surface area contributed by atoms with Crippen LogP contribution in [0.2, 0.25) is 0 Å². The molecule has 0 radical (unpaired) electrons. The minimum atomic E-state index is -0.510. The average Bonchev–Trinajstić information content (AvgIpc) is 2.21. The third-order valence-corrected chi connectivity index (χ3v) is 1.58. The van der Waals surface area contributed by atoms with Gasteiger partial charge in [0.2, 0.25) is 0 Å². The van der Waals surface area contributed by atoms with Gasteiger partial charge in [0.25, 0.3) is 5.56 Å². The SMILES string of the molecule is C=C/C=c1/[nH]c(=O)[nH]c(=O)/c1=C/C.CC. The highest BCUT2D eigenvalue weighted by atomic mass is 16.2. The summed E-state index contributed by atoms with van der Waals surface area (Å²) in [5, 5.41) is 0.922. The van der Waals surface area contributed by atoms with Crippen LogP contribution in [0.5, 0.6) is 0 Å². The van der Waals surface area contributed by atoms with Gasteiger partial charge in [0.1, 0.15) is 0 Å². The lowest BCUT2D eigenvalue weighted by Crippen LogP contribution is -2.48. The summed E-state index contributed by atoms with van der Waals surface area (Å²) in [6.07, 6.45) is 4.72. The summed E-state index contributed by atoms with van der Waals surface area (Å²) in [5.74, 6) is 0. The Labute approximate surface area is 87.7 Å². The fraction of sp³-hybridized carbons (Fsp3) is 0.273. The predicted octanol–water partition coefficient (Wildman–Crippen LogP) is -0.144. The van der Waals surface area contributed by atoms with Crippen molar-refractivity contribution < 1.29 is 0 Å². The lowest BCUT2D eigenvalue weighted by molar-refractivity contribution is 0.984. The van der Waals surface area contributed by atoms with Crippen LogP contribution < -0.4 is 21.8 Å². The van der Waals surface area contributed by atoms with Gasteiger partial charge in [-0.2, -0.15) is 0 Å². The third-order valence-electron chi connectivity index (χ3n) is 1.58. The molecule has 0 unspecified atom stereocenters. The third kappa shape index (κ3) is 3.42. The van der Waals surface area contributed by atoms with Crippen molar-refractivity contribution in [1.82, 2.24) is 9.97 Å². The number of nitrogens with one attached hydrogen (secondary N) is 2. The Morgan fingerprint density at radius 3 is 2.27 bits per heavy atom. The van der Waals surface area contributed by atoms with E-state index in [9.17, 15) is 9.59 Å². The largest absolute Gasteiger partial charge is 0.326 e. The van der Waals surface area contributed by atoms with Crippen LogP contribution in [-0.2, 0) is 0 Å².